The zero-order valence-electron chi connectivity index (χ0n) is 12.1. The van der Waals surface area contributed by atoms with Crippen LogP contribution in [0.3, 0.4) is 0 Å². The summed E-state index contributed by atoms with van der Waals surface area (Å²) in [5, 5.41) is 12.2. The van der Waals surface area contributed by atoms with Gasteiger partial charge in [-0.3, -0.25) is 9.20 Å². The van der Waals surface area contributed by atoms with E-state index in [9.17, 15) is 4.79 Å². The van der Waals surface area contributed by atoms with Crippen molar-refractivity contribution in [1.82, 2.24) is 9.38 Å². The lowest BCUT2D eigenvalue weighted by Crippen LogP contribution is -2.08. The third kappa shape index (κ3) is 3.41. The molecule has 0 saturated carbocycles. The van der Waals surface area contributed by atoms with Gasteiger partial charge in [0, 0.05) is 18.0 Å². The molecule has 3 aromatic rings. The smallest absolute Gasteiger partial charge is 0.248 e. The maximum absolute atomic E-state index is 12.0. The number of hydrogen-bond donors (Lipinski definition) is 2. The van der Waals surface area contributed by atoms with E-state index in [2.05, 4.69) is 10.3 Å². The Labute approximate surface area is 137 Å². The van der Waals surface area contributed by atoms with E-state index in [1.54, 1.807) is 34.7 Å². The Morgan fingerprint density at radius 3 is 3.00 bits per heavy atom. The molecule has 0 radical (unpaired) electrons. The van der Waals surface area contributed by atoms with E-state index in [4.69, 9.17) is 16.7 Å². The van der Waals surface area contributed by atoms with E-state index in [1.807, 2.05) is 24.4 Å². The standard InChI is InChI=1S/C17H14ClN3O2/c18-17-14(21-9-2-1-6-15(21)20-17)7-8-16(23)19-13-5-3-4-12(10-13)11-22/h1-10,22H,11H2,(H,19,23)/b8-7+. The number of aromatic nitrogens is 2. The first kappa shape index (κ1) is 15.3. The predicted molar refractivity (Wildman–Crippen MR) is 90.2 cm³/mol. The molecule has 3 rings (SSSR count). The number of nitrogens with zero attached hydrogens (tertiary/aromatic N) is 2. The molecule has 0 unspecified atom stereocenters. The van der Waals surface area contributed by atoms with E-state index >= 15 is 0 Å². The molecule has 2 aromatic heterocycles. The van der Waals surface area contributed by atoms with Gasteiger partial charge in [-0.05, 0) is 35.9 Å². The lowest BCUT2D eigenvalue weighted by Gasteiger charge is -2.03. The minimum Gasteiger partial charge on any atom is -0.392 e. The van der Waals surface area contributed by atoms with Crippen LogP contribution in [-0.4, -0.2) is 20.4 Å². The summed E-state index contributed by atoms with van der Waals surface area (Å²) in [5.41, 5.74) is 2.71. The van der Waals surface area contributed by atoms with E-state index in [0.29, 0.717) is 22.2 Å². The summed E-state index contributed by atoms with van der Waals surface area (Å²) in [7, 11) is 0. The molecule has 5 nitrogen and oxygen atoms in total. The van der Waals surface area contributed by atoms with Crippen LogP contribution >= 0.6 is 11.6 Å². The van der Waals surface area contributed by atoms with Gasteiger partial charge in [0.1, 0.15) is 5.65 Å². The van der Waals surface area contributed by atoms with Gasteiger partial charge < -0.3 is 10.4 Å². The van der Waals surface area contributed by atoms with Gasteiger partial charge in [-0.1, -0.05) is 29.8 Å². The largest absolute Gasteiger partial charge is 0.392 e. The summed E-state index contributed by atoms with van der Waals surface area (Å²) >= 11 is 6.11. The number of imidazole rings is 1. The molecule has 2 N–H and O–H groups in total. The number of nitrogens with one attached hydrogen (secondary N) is 1. The summed E-state index contributed by atoms with van der Waals surface area (Å²) < 4.78 is 1.80. The molecule has 0 spiro atoms. The second-order valence-electron chi connectivity index (χ2n) is 4.90. The van der Waals surface area contributed by atoms with Crippen molar-refractivity contribution in [2.24, 2.45) is 0 Å². The Kier molecular flexibility index (Phi) is 4.41. The zero-order valence-corrected chi connectivity index (χ0v) is 12.9. The predicted octanol–water partition coefficient (Wildman–Crippen LogP) is 3.13. The van der Waals surface area contributed by atoms with Gasteiger partial charge in [-0.2, -0.15) is 0 Å². The average molecular weight is 328 g/mol. The lowest BCUT2D eigenvalue weighted by atomic mass is 10.2. The molecule has 1 aromatic carbocycles. The molecule has 0 aliphatic carbocycles. The number of pyridine rings is 1. The maximum atomic E-state index is 12.0. The number of benzene rings is 1. The highest BCUT2D eigenvalue weighted by atomic mass is 35.5. The Morgan fingerprint density at radius 2 is 2.17 bits per heavy atom. The Hall–Kier alpha value is -2.63. The fourth-order valence-electron chi connectivity index (χ4n) is 2.22. The topological polar surface area (TPSA) is 66.6 Å². The number of fused-ring (bicyclic) bond motifs is 1. The molecule has 0 saturated heterocycles. The minimum absolute atomic E-state index is 0.0724. The van der Waals surface area contributed by atoms with Crippen LogP contribution in [0.5, 0.6) is 0 Å². The van der Waals surface area contributed by atoms with Gasteiger partial charge >= 0.3 is 0 Å². The van der Waals surface area contributed by atoms with Crippen LogP contribution in [0.4, 0.5) is 5.69 Å². The molecule has 23 heavy (non-hydrogen) atoms. The fourth-order valence-corrected chi connectivity index (χ4v) is 2.46. The van der Waals surface area contributed by atoms with Crippen molar-refractivity contribution in [3.05, 3.63) is 71.1 Å². The Balaban J connectivity index is 1.78. The summed E-state index contributed by atoms with van der Waals surface area (Å²) in [6.07, 6.45) is 4.85. The summed E-state index contributed by atoms with van der Waals surface area (Å²) in [6.45, 7) is -0.0724. The number of hydrogen-bond acceptors (Lipinski definition) is 3. The molecule has 6 heteroatoms. The number of aliphatic hydroxyl groups is 1. The first-order chi connectivity index (χ1) is 11.2. The van der Waals surface area contributed by atoms with Gasteiger partial charge in [-0.15, -0.1) is 0 Å². The molecule has 116 valence electrons. The molecule has 0 aliphatic rings. The van der Waals surface area contributed by atoms with E-state index in [0.717, 1.165) is 5.56 Å². The van der Waals surface area contributed by atoms with E-state index < -0.39 is 0 Å². The molecule has 2 heterocycles. The first-order valence-corrected chi connectivity index (χ1v) is 7.36. The monoisotopic (exact) mass is 327 g/mol. The number of halogens is 1. The molecule has 0 fully saturated rings. The highest BCUT2D eigenvalue weighted by molar-refractivity contribution is 6.31. The van der Waals surface area contributed by atoms with E-state index in [-0.39, 0.29) is 12.5 Å². The van der Waals surface area contributed by atoms with Crippen LogP contribution in [-0.2, 0) is 11.4 Å². The highest BCUT2D eigenvalue weighted by Gasteiger charge is 2.07. The SMILES string of the molecule is O=C(/C=C/c1c(Cl)nc2ccccn12)Nc1cccc(CO)c1. The van der Waals surface area contributed by atoms with Crippen LogP contribution in [0, 0.1) is 0 Å². The third-order valence-electron chi connectivity index (χ3n) is 3.29. The number of aliphatic hydroxyl groups excluding tert-OH is 1. The number of rotatable bonds is 4. The van der Waals surface area contributed by atoms with Gasteiger partial charge in [0.15, 0.2) is 5.15 Å². The fraction of sp³-hybridized carbons (Fsp3) is 0.0588. The van der Waals surface area contributed by atoms with Crippen molar-refractivity contribution in [1.29, 1.82) is 0 Å². The van der Waals surface area contributed by atoms with Crippen molar-refractivity contribution < 1.29 is 9.90 Å². The van der Waals surface area contributed by atoms with E-state index in [1.165, 1.54) is 6.08 Å². The van der Waals surface area contributed by atoms with Crippen LogP contribution in [0.2, 0.25) is 5.15 Å². The Morgan fingerprint density at radius 1 is 1.30 bits per heavy atom. The normalized spacial score (nSPS) is 11.2. The zero-order chi connectivity index (χ0) is 16.2. The summed E-state index contributed by atoms with van der Waals surface area (Å²) in [5.74, 6) is -0.290. The third-order valence-corrected chi connectivity index (χ3v) is 3.57. The molecule has 1 amide bonds. The van der Waals surface area contributed by atoms with Crippen molar-refractivity contribution in [2.75, 3.05) is 5.32 Å². The second kappa shape index (κ2) is 6.64. The first-order valence-electron chi connectivity index (χ1n) is 6.99. The van der Waals surface area contributed by atoms with Gasteiger partial charge in [0.05, 0.1) is 12.3 Å². The number of carbonyl (C=O) groups excluding carboxylic acids is 1. The summed E-state index contributed by atoms with van der Waals surface area (Å²) in [6, 6.07) is 12.6. The molecule has 0 aliphatic heterocycles. The van der Waals surface area contributed by atoms with Crippen molar-refractivity contribution >= 4 is 34.9 Å². The molecular formula is C17H14ClN3O2. The van der Waals surface area contributed by atoms with Gasteiger partial charge in [-0.25, -0.2) is 4.98 Å². The molecular weight excluding hydrogens is 314 g/mol. The number of amides is 1. The number of carbonyl (C=O) groups is 1. The molecule has 0 bridgehead atoms. The second-order valence-corrected chi connectivity index (χ2v) is 5.26. The van der Waals surface area contributed by atoms with Gasteiger partial charge in [0.25, 0.3) is 0 Å². The van der Waals surface area contributed by atoms with Crippen LogP contribution in [0.1, 0.15) is 11.3 Å². The van der Waals surface area contributed by atoms with Crippen molar-refractivity contribution in [2.45, 2.75) is 6.61 Å². The highest BCUT2D eigenvalue weighted by Crippen LogP contribution is 2.19. The van der Waals surface area contributed by atoms with Crippen LogP contribution in [0.25, 0.3) is 11.7 Å². The summed E-state index contributed by atoms with van der Waals surface area (Å²) in [4.78, 5) is 16.2. The average Bonchev–Trinajstić information content (AvgIpc) is 2.88. The van der Waals surface area contributed by atoms with Crippen LogP contribution < -0.4 is 5.32 Å². The number of anilines is 1. The molecule has 0 atom stereocenters. The minimum atomic E-state index is -0.290. The van der Waals surface area contributed by atoms with Gasteiger partial charge in [0.2, 0.25) is 5.91 Å². The maximum Gasteiger partial charge on any atom is 0.248 e. The van der Waals surface area contributed by atoms with Crippen LogP contribution in [0.15, 0.2) is 54.7 Å². The van der Waals surface area contributed by atoms with Crippen molar-refractivity contribution in [3.63, 3.8) is 0 Å². The van der Waals surface area contributed by atoms with Crippen molar-refractivity contribution in [3.8, 4) is 0 Å². The lowest BCUT2D eigenvalue weighted by molar-refractivity contribution is -0.111. The Bertz CT molecular complexity index is 886. The quantitative estimate of drug-likeness (QED) is 0.723.